The molecular formula is C22H43NNa2O9S. The van der Waals surface area contributed by atoms with Gasteiger partial charge in [-0.3, -0.25) is 14.1 Å². The number of hydrogen-bond acceptors (Lipinski definition) is 6. The number of allylic oxidation sites excluding steroid dienone is 2. The molecule has 0 rings (SSSR count). The molecule has 0 aliphatic rings. The molecule has 0 saturated heterocycles. The third-order valence-corrected chi connectivity index (χ3v) is 6.13. The Bertz CT molecular complexity index is 703. The molecule has 0 fully saturated rings. The molecule has 0 aliphatic carbocycles. The second-order valence-corrected chi connectivity index (χ2v) is 9.65. The summed E-state index contributed by atoms with van der Waals surface area (Å²) in [4.78, 5) is 27.5. The summed E-state index contributed by atoms with van der Waals surface area (Å²) < 4.78 is 29.2. The Hall–Kier alpha value is 0.0200. The Kier molecular flexibility index (Phi) is 30.9. The van der Waals surface area contributed by atoms with Crippen molar-refractivity contribution in [2.45, 2.75) is 108 Å². The Morgan fingerprint density at radius 3 is 1.46 bits per heavy atom. The third kappa shape index (κ3) is 25.5. The predicted octanol–water partition coefficient (Wildman–Crippen LogP) is 2.90. The number of hydrogen-bond donors (Lipinski definition) is 5. The van der Waals surface area contributed by atoms with Crippen LogP contribution < -0.4 is 5.73 Å². The minimum atomic E-state index is -5.16. The van der Waals surface area contributed by atoms with Crippen LogP contribution in [0.25, 0.3) is 0 Å². The van der Waals surface area contributed by atoms with Crippen molar-refractivity contribution < 1.29 is 42.7 Å². The van der Waals surface area contributed by atoms with E-state index >= 15 is 0 Å². The van der Waals surface area contributed by atoms with E-state index in [2.05, 4.69) is 19.1 Å². The van der Waals surface area contributed by atoms with Crippen LogP contribution in [0.1, 0.15) is 103 Å². The number of carboxylic acid groups (broad SMARTS) is 3. The second kappa shape index (κ2) is 25.7. The van der Waals surface area contributed by atoms with Gasteiger partial charge in [0.1, 0.15) is 0 Å². The molecule has 6 N–H and O–H groups in total. The second-order valence-electron chi connectivity index (χ2n) is 7.97. The van der Waals surface area contributed by atoms with Crippen LogP contribution in [-0.4, -0.2) is 110 Å². The summed E-state index contributed by atoms with van der Waals surface area (Å²) in [5.41, 5.74) is 4.70. The van der Waals surface area contributed by atoms with Crippen molar-refractivity contribution in [2.75, 3.05) is 0 Å². The van der Waals surface area contributed by atoms with E-state index < -0.39 is 39.3 Å². The summed E-state index contributed by atoms with van der Waals surface area (Å²) in [6.45, 7) is 2.26. The monoisotopic (exact) mass is 543 g/mol. The fourth-order valence-electron chi connectivity index (χ4n) is 2.85. The zero-order valence-corrected chi connectivity index (χ0v) is 20.4. The average Bonchev–Trinajstić information content (AvgIpc) is 2.69. The molecule has 0 aliphatic heterocycles. The van der Waals surface area contributed by atoms with Crippen molar-refractivity contribution in [3.8, 4) is 0 Å². The maximum absolute atomic E-state index is 10.4. The molecule has 0 saturated carbocycles. The number of unbranched alkanes of at least 4 members (excludes halogenated alkanes) is 11. The molecule has 10 nitrogen and oxygen atoms in total. The van der Waals surface area contributed by atoms with Gasteiger partial charge in [-0.15, -0.1) is 0 Å². The molecular weight excluding hydrogens is 500 g/mol. The van der Waals surface area contributed by atoms with Crippen molar-refractivity contribution in [3.63, 3.8) is 0 Å². The number of nitrogens with two attached hydrogens (primary N) is 1. The van der Waals surface area contributed by atoms with Gasteiger partial charge in [0, 0.05) is 6.42 Å². The summed E-state index contributed by atoms with van der Waals surface area (Å²) in [6, 6.07) is 0. The van der Waals surface area contributed by atoms with E-state index in [0.29, 0.717) is 6.42 Å². The SMILES string of the molecule is CCCCCCCC/C=C\CCCCCCCC(=O)O.NC(CC(=O)O)(C(=O)O)S(=O)(=O)O.[NaH].[NaH]. The standard InChI is InChI=1S/C18H34O2.C4H7NO7S.2Na.2H/c1-2-3-4-5-6-7-8-9-10-11-12-13-14-15-16-17-18(19)20;5-4(3(8)9,1-2(6)7)13(10,11)12;;;;/h9-10H,2-8,11-17H2,1H3,(H,19,20);1,5H2,(H,6,7)(H,8,9)(H,10,11,12);;;;/b10-9-;;;;;. The van der Waals surface area contributed by atoms with E-state index in [1.165, 1.54) is 70.6 Å². The van der Waals surface area contributed by atoms with Crippen LogP contribution in [0, 0.1) is 0 Å². The van der Waals surface area contributed by atoms with Crippen LogP contribution in [0.5, 0.6) is 0 Å². The zero-order chi connectivity index (χ0) is 25.8. The Balaban J connectivity index is -0.000000281. The van der Waals surface area contributed by atoms with Gasteiger partial charge < -0.3 is 21.1 Å². The quantitative estimate of drug-likeness (QED) is 0.0700. The molecule has 0 spiro atoms. The average molecular weight is 544 g/mol. The zero-order valence-electron chi connectivity index (χ0n) is 19.6. The van der Waals surface area contributed by atoms with Crippen molar-refractivity contribution in [2.24, 2.45) is 5.73 Å². The summed E-state index contributed by atoms with van der Waals surface area (Å²) in [7, 11) is -5.16. The normalized spacial score (nSPS) is 12.4. The summed E-state index contributed by atoms with van der Waals surface area (Å²) in [5.74, 6) is -4.54. The van der Waals surface area contributed by atoms with Crippen molar-refractivity contribution in [1.29, 1.82) is 0 Å². The van der Waals surface area contributed by atoms with Crippen LogP contribution in [0.4, 0.5) is 0 Å². The minimum absolute atomic E-state index is 0. The topological polar surface area (TPSA) is 192 Å². The number of rotatable bonds is 19. The number of carboxylic acids is 3. The first kappa shape index (κ1) is 42.1. The molecule has 0 aromatic heterocycles. The van der Waals surface area contributed by atoms with Gasteiger partial charge in [-0.2, -0.15) is 8.42 Å². The number of aliphatic carboxylic acids is 3. The first-order valence-corrected chi connectivity index (χ1v) is 12.9. The molecule has 35 heavy (non-hydrogen) atoms. The van der Waals surface area contributed by atoms with Crippen molar-refractivity contribution in [3.05, 3.63) is 12.2 Å². The van der Waals surface area contributed by atoms with Gasteiger partial charge in [0.05, 0.1) is 6.42 Å². The third-order valence-electron chi connectivity index (χ3n) is 4.89. The molecule has 1 unspecified atom stereocenters. The Labute approximate surface area is 253 Å². The van der Waals surface area contributed by atoms with E-state index in [1.54, 1.807) is 0 Å². The van der Waals surface area contributed by atoms with E-state index in [0.717, 1.165) is 12.8 Å². The molecule has 1 atom stereocenters. The number of carbonyl (C=O) groups is 3. The Morgan fingerprint density at radius 1 is 0.743 bits per heavy atom. The van der Waals surface area contributed by atoms with Crippen LogP contribution in [0.3, 0.4) is 0 Å². The predicted molar refractivity (Wildman–Crippen MR) is 140 cm³/mol. The van der Waals surface area contributed by atoms with Gasteiger partial charge in [0.15, 0.2) is 0 Å². The van der Waals surface area contributed by atoms with Crippen LogP contribution in [0.2, 0.25) is 0 Å². The molecule has 0 aromatic carbocycles. The summed E-state index contributed by atoms with van der Waals surface area (Å²) in [5, 5.41) is 24.9. The molecule has 0 heterocycles. The van der Waals surface area contributed by atoms with Gasteiger partial charge >= 0.3 is 77.0 Å². The van der Waals surface area contributed by atoms with Gasteiger partial charge in [-0.25, -0.2) is 4.79 Å². The van der Waals surface area contributed by atoms with Gasteiger partial charge in [0.25, 0.3) is 15.0 Å². The molecule has 0 bridgehead atoms. The molecule has 0 radical (unpaired) electrons. The first-order chi connectivity index (χ1) is 15.4. The van der Waals surface area contributed by atoms with E-state index in [-0.39, 0.29) is 59.1 Å². The fourth-order valence-corrected chi connectivity index (χ4v) is 3.38. The molecule has 13 heteroatoms. The first-order valence-electron chi connectivity index (χ1n) is 11.5. The van der Waals surface area contributed by atoms with Crippen LogP contribution in [0.15, 0.2) is 12.2 Å². The Morgan fingerprint density at radius 2 is 1.14 bits per heavy atom. The van der Waals surface area contributed by atoms with Gasteiger partial charge in [-0.1, -0.05) is 70.4 Å². The van der Waals surface area contributed by atoms with E-state index in [4.69, 9.17) is 25.6 Å². The van der Waals surface area contributed by atoms with Gasteiger partial charge in [-0.05, 0) is 32.1 Å². The molecule has 0 aromatic rings. The van der Waals surface area contributed by atoms with E-state index in [9.17, 15) is 22.8 Å². The molecule has 198 valence electrons. The molecule has 0 amide bonds. The van der Waals surface area contributed by atoms with Gasteiger partial charge in [0.2, 0.25) is 0 Å². The van der Waals surface area contributed by atoms with Crippen molar-refractivity contribution >= 4 is 87.1 Å². The summed E-state index contributed by atoms with van der Waals surface area (Å²) in [6.07, 6.45) is 19.8. The van der Waals surface area contributed by atoms with E-state index in [1.807, 2.05) is 0 Å². The van der Waals surface area contributed by atoms with Crippen LogP contribution in [-0.2, 0) is 24.5 Å². The fraction of sp³-hybridized carbons (Fsp3) is 0.773. The summed E-state index contributed by atoms with van der Waals surface area (Å²) >= 11 is 0. The maximum atomic E-state index is 10.4. The van der Waals surface area contributed by atoms with Crippen LogP contribution >= 0.6 is 0 Å². The van der Waals surface area contributed by atoms with Crippen molar-refractivity contribution in [1.82, 2.24) is 0 Å².